The van der Waals surface area contributed by atoms with E-state index in [1.807, 2.05) is 6.92 Å². The van der Waals surface area contributed by atoms with Crippen molar-refractivity contribution in [1.82, 2.24) is 10.3 Å². The van der Waals surface area contributed by atoms with Gasteiger partial charge in [-0.05, 0) is 50.7 Å². The van der Waals surface area contributed by atoms with Crippen LogP contribution in [0, 0.1) is 5.92 Å². The number of rotatable bonds is 5. The molecule has 0 aromatic carbocycles. The number of carbonyl (C=O) groups is 1. The summed E-state index contributed by atoms with van der Waals surface area (Å²) in [6, 6.07) is 3.66. The number of carbonyl (C=O) groups excluding carboxylic acids is 1. The average Bonchev–Trinajstić information content (AvgIpc) is 2.50. The van der Waals surface area contributed by atoms with Crippen LogP contribution in [0.3, 0.4) is 0 Å². The lowest BCUT2D eigenvalue weighted by molar-refractivity contribution is -0.118. The number of nitrogens with one attached hydrogen (secondary N) is 2. The van der Waals surface area contributed by atoms with Crippen molar-refractivity contribution in [2.75, 3.05) is 5.32 Å². The van der Waals surface area contributed by atoms with E-state index in [2.05, 4.69) is 22.5 Å². The molecule has 1 heterocycles. The molecule has 0 aliphatic heterocycles. The van der Waals surface area contributed by atoms with Gasteiger partial charge < -0.3 is 10.6 Å². The molecule has 0 radical (unpaired) electrons. The van der Waals surface area contributed by atoms with Gasteiger partial charge in [-0.25, -0.2) is 4.98 Å². The number of hydrogen-bond donors (Lipinski definition) is 2. The molecule has 5 heteroatoms. The number of pyridine rings is 1. The molecule has 1 saturated carbocycles. The molecule has 2 rings (SSSR count). The minimum absolute atomic E-state index is 0.0533. The molecule has 1 atom stereocenters. The zero-order valence-electron chi connectivity index (χ0n) is 12.7. The summed E-state index contributed by atoms with van der Waals surface area (Å²) in [5, 5.41) is 6.80. The molecule has 1 aliphatic rings. The fourth-order valence-corrected chi connectivity index (χ4v) is 2.96. The maximum absolute atomic E-state index is 12.1. The van der Waals surface area contributed by atoms with E-state index in [1.165, 1.54) is 25.5 Å². The third-order valence-corrected chi connectivity index (χ3v) is 4.51. The largest absolute Gasteiger partial charge is 0.309 e. The van der Waals surface area contributed by atoms with Crippen LogP contribution in [0.5, 0.6) is 0 Å². The van der Waals surface area contributed by atoms with Crippen molar-refractivity contribution in [3.63, 3.8) is 0 Å². The first-order chi connectivity index (χ1) is 10.1. The quantitative estimate of drug-likeness (QED) is 0.873. The second-order valence-electron chi connectivity index (χ2n) is 5.87. The second kappa shape index (κ2) is 7.76. The number of hydrogen-bond acceptors (Lipinski definition) is 3. The van der Waals surface area contributed by atoms with Crippen LogP contribution in [0.4, 0.5) is 5.82 Å². The van der Waals surface area contributed by atoms with Crippen LogP contribution < -0.4 is 10.6 Å². The smallest absolute Gasteiger partial charge is 0.242 e. The van der Waals surface area contributed by atoms with Gasteiger partial charge in [-0.15, -0.1) is 0 Å². The van der Waals surface area contributed by atoms with Gasteiger partial charge in [-0.2, -0.15) is 0 Å². The fraction of sp³-hybridized carbons (Fsp3) is 0.625. The summed E-state index contributed by atoms with van der Waals surface area (Å²) in [6.07, 6.45) is 7.65. The lowest BCUT2D eigenvalue weighted by Gasteiger charge is -2.30. The Hall–Kier alpha value is -1.13. The summed E-state index contributed by atoms with van der Waals surface area (Å²) in [6.45, 7) is 4.16. The number of anilines is 1. The van der Waals surface area contributed by atoms with Crippen molar-refractivity contribution < 1.29 is 4.79 Å². The Balaban J connectivity index is 1.78. The zero-order chi connectivity index (χ0) is 15.2. The van der Waals surface area contributed by atoms with Gasteiger partial charge in [-0.3, -0.25) is 4.79 Å². The normalized spacial score (nSPS) is 23.6. The first-order valence-electron chi connectivity index (χ1n) is 7.77. The molecule has 0 saturated heterocycles. The van der Waals surface area contributed by atoms with Gasteiger partial charge in [0.15, 0.2) is 0 Å². The Kier molecular flexibility index (Phi) is 6.00. The maximum atomic E-state index is 12.1. The highest BCUT2D eigenvalue weighted by atomic mass is 35.5. The second-order valence-corrected chi connectivity index (χ2v) is 6.30. The van der Waals surface area contributed by atoms with Crippen molar-refractivity contribution in [3.05, 3.63) is 23.4 Å². The highest BCUT2D eigenvalue weighted by Gasteiger charge is 2.23. The molecule has 1 aromatic heterocycles. The Morgan fingerprint density at radius 1 is 1.38 bits per heavy atom. The van der Waals surface area contributed by atoms with Crippen molar-refractivity contribution in [3.8, 4) is 0 Å². The molecule has 1 fully saturated rings. The van der Waals surface area contributed by atoms with E-state index in [1.54, 1.807) is 12.1 Å². The lowest BCUT2D eigenvalue weighted by Crippen LogP contribution is -2.45. The summed E-state index contributed by atoms with van der Waals surface area (Å²) >= 11 is 5.78. The third-order valence-electron chi connectivity index (χ3n) is 4.28. The number of halogens is 1. The van der Waals surface area contributed by atoms with Gasteiger partial charge in [0.1, 0.15) is 5.82 Å². The van der Waals surface area contributed by atoms with Crippen molar-refractivity contribution in [1.29, 1.82) is 0 Å². The Morgan fingerprint density at radius 2 is 2.10 bits per heavy atom. The van der Waals surface area contributed by atoms with E-state index in [9.17, 15) is 4.79 Å². The van der Waals surface area contributed by atoms with Gasteiger partial charge in [-0.1, -0.05) is 24.9 Å². The topological polar surface area (TPSA) is 54.0 Å². The highest BCUT2D eigenvalue weighted by Crippen LogP contribution is 2.26. The lowest BCUT2D eigenvalue weighted by atomic mass is 9.84. The summed E-state index contributed by atoms with van der Waals surface area (Å²) in [5.41, 5.74) is 0. The molecule has 1 unspecified atom stereocenters. The van der Waals surface area contributed by atoms with Crippen LogP contribution in [-0.4, -0.2) is 23.0 Å². The van der Waals surface area contributed by atoms with E-state index < -0.39 is 0 Å². The Bertz CT molecular complexity index is 455. The summed E-state index contributed by atoms with van der Waals surface area (Å²) < 4.78 is 0. The maximum Gasteiger partial charge on any atom is 0.242 e. The molecule has 4 nitrogen and oxygen atoms in total. The van der Waals surface area contributed by atoms with Gasteiger partial charge in [0, 0.05) is 12.2 Å². The number of aromatic nitrogens is 1. The fourth-order valence-electron chi connectivity index (χ4n) is 2.85. The predicted molar refractivity (Wildman–Crippen MR) is 86.5 cm³/mol. The van der Waals surface area contributed by atoms with Crippen LogP contribution in [0.15, 0.2) is 18.3 Å². The van der Waals surface area contributed by atoms with Gasteiger partial charge >= 0.3 is 0 Å². The van der Waals surface area contributed by atoms with E-state index in [0.29, 0.717) is 16.9 Å². The molecule has 116 valence electrons. The SMILES string of the molecule is CCC1CCC(NC(C)C(=O)Nc2ccc(Cl)cn2)CC1. The minimum atomic E-state index is -0.217. The molecule has 2 N–H and O–H groups in total. The van der Waals surface area contributed by atoms with E-state index in [0.717, 1.165) is 18.8 Å². The monoisotopic (exact) mass is 309 g/mol. The van der Waals surface area contributed by atoms with Crippen LogP contribution in [0.25, 0.3) is 0 Å². The Labute approximate surface area is 131 Å². The summed E-state index contributed by atoms with van der Waals surface area (Å²) in [5.74, 6) is 1.35. The first kappa shape index (κ1) is 16.2. The molecular formula is C16H24ClN3O. The molecule has 1 amide bonds. The number of nitrogens with zero attached hydrogens (tertiary/aromatic N) is 1. The van der Waals surface area contributed by atoms with Crippen LogP contribution >= 0.6 is 11.6 Å². The molecule has 0 bridgehead atoms. The highest BCUT2D eigenvalue weighted by molar-refractivity contribution is 6.30. The first-order valence-corrected chi connectivity index (χ1v) is 8.14. The van der Waals surface area contributed by atoms with E-state index >= 15 is 0 Å². The van der Waals surface area contributed by atoms with Gasteiger partial charge in [0.2, 0.25) is 5.91 Å². The van der Waals surface area contributed by atoms with Crippen LogP contribution in [0.1, 0.15) is 46.0 Å². The Morgan fingerprint density at radius 3 is 2.67 bits per heavy atom. The molecular weight excluding hydrogens is 286 g/mol. The molecule has 1 aromatic rings. The third kappa shape index (κ3) is 4.97. The molecule has 1 aliphatic carbocycles. The standard InChI is InChI=1S/C16H24ClN3O/c1-3-12-4-7-14(8-5-12)19-11(2)16(21)20-15-9-6-13(17)10-18-15/h6,9-12,14,19H,3-5,7-8H2,1-2H3,(H,18,20,21). The van der Waals surface area contributed by atoms with Gasteiger partial charge in [0.05, 0.1) is 11.1 Å². The summed E-state index contributed by atoms with van der Waals surface area (Å²) in [4.78, 5) is 16.2. The van der Waals surface area contributed by atoms with E-state index in [-0.39, 0.29) is 11.9 Å². The average molecular weight is 310 g/mol. The minimum Gasteiger partial charge on any atom is -0.309 e. The van der Waals surface area contributed by atoms with E-state index in [4.69, 9.17) is 11.6 Å². The van der Waals surface area contributed by atoms with Crippen molar-refractivity contribution >= 4 is 23.3 Å². The molecule has 0 spiro atoms. The van der Waals surface area contributed by atoms with Crippen molar-refractivity contribution in [2.24, 2.45) is 5.92 Å². The van der Waals surface area contributed by atoms with Crippen molar-refractivity contribution in [2.45, 2.75) is 58.0 Å². The van der Waals surface area contributed by atoms with Crippen LogP contribution in [-0.2, 0) is 4.79 Å². The van der Waals surface area contributed by atoms with Gasteiger partial charge in [0.25, 0.3) is 0 Å². The predicted octanol–water partition coefficient (Wildman–Crippen LogP) is 3.62. The molecule has 21 heavy (non-hydrogen) atoms. The zero-order valence-corrected chi connectivity index (χ0v) is 13.5. The van der Waals surface area contributed by atoms with Crippen LogP contribution in [0.2, 0.25) is 5.02 Å². The number of amides is 1. The summed E-state index contributed by atoms with van der Waals surface area (Å²) in [7, 11) is 0.